The predicted octanol–water partition coefficient (Wildman–Crippen LogP) is -0.226. The van der Waals surface area contributed by atoms with Crippen molar-refractivity contribution in [3.63, 3.8) is 0 Å². The number of aromatic nitrogens is 1. The van der Waals surface area contributed by atoms with Crippen LogP contribution in [0.25, 0.3) is 0 Å². The van der Waals surface area contributed by atoms with E-state index in [0.29, 0.717) is 11.3 Å². The maximum atomic E-state index is 11.5. The van der Waals surface area contributed by atoms with Gasteiger partial charge in [0.05, 0.1) is 24.1 Å². The number of hydrogen-bond donors (Lipinski definition) is 3. The lowest BCUT2D eigenvalue weighted by Gasteiger charge is -2.11. The molecule has 0 saturated carbocycles. The van der Waals surface area contributed by atoms with Crippen molar-refractivity contribution in [1.29, 1.82) is 0 Å². The van der Waals surface area contributed by atoms with Crippen LogP contribution in [-0.2, 0) is 0 Å². The van der Waals surface area contributed by atoms with E-state index in [9.17, 15) is 4.79 Å². The molecule has 0 aliphatic carbocycles. The molecule has 0 radical (unpaired) electrons. The van der Waals surface area contributed by atoms with E-state index >= 15 is 0 Å². The van der Waals surface area contributed by atoms with Crippen LogP contribution in [0.2, 0.25) is 0 Å². The second-order valence-corrected chi connectivity index (χ2v) is 3.02. The van der Waals surface area contributed by atoms with Crippen LogP contribution in [0.3, 0.4) is 0 Å². The first-order valence-corrected chi connectivity index (χ1v) is 4.26. The van der Waals surface area contributed by atoms with E-state index in [2.05, 4.69) is 10.3 Å². The number of amides is 1. The topological polar surface area (TPSA) is 88.2 Å². The minimum absolute atomic E-state index is 0.100. The van der Waals surface area contributed by atoms with E-state index in [1.807, 2.05) is 0 Å². The second-order valence-electron chi connectivity index (χ2n) is 3.02. The van der Waals surface area contributed by atoms with Gasteiger partial charge in [-0.25, -0.2) is 0 Å². The molecule has 5 heteroatoms. The van der Waals surface area contributed by atoms with Crippen LogP contribution in [0.15, 0.2) is 18.5 Å². The Morgan fingerprint density at radius 1 is 1.79 bits per heavy atom. The van der Waals surface area contributed by atoms with Crippen LogP contribution < -0.4 is 11.1 Å². The summed E-state index contributed by atoms with van der Waals surface area (Å²) in [6, 6.07) is 1.25. The lowest BCUT2D eigenvalue weighted by molar-refractivity contribution is 0.0923. The zero-order chi connectivity index (χ0) is 10.6. The van der Waals surface area contributed by atoms with E-state index in [1.165, 1.54) is 18.5 Å². The molecule has 0 aliphatic heterocycles. The monoisotopic (exact) mass is 195 g/mol. The number of nitrogens with two attached hydrogens (primary N) is 1. The summed E-state index contributed by atoms with van der Waals surface area (Å²) in [5, 5.41) is 11.3. The summed E-state index contributed by atoms with van der Waals surface area (Å²) in [6.07, 6.45) is 2.91. The summed E-state index contributed by atoms with van der Waals surface area (Å²) in [6.45, 7) is 1.60. The third-order valence-corrected chi connectivity index (χ3v) is 1.75. The van der Waals surface area contributed by atoms with Crippen LogP contribution in [0.4, 0.5) is 5.69 Å². The van der Waals surface area contributed by atoms with E-state index in [-0.39, 0.29) is 18.6 Å². The highest BCUT2D eigenvalue weighted by Crippen LogP contribution is 2.08. The molecule has 1 amide bonds. The lowest BCUT2D eigenvalue weighted by Crippen LogP contribution is -2.35. The van der Waals surface area contributed by atoms with Crippen molar-refractivity contribution < 1.29 is 9.90 Å². The Labute approximate surface area is 82.0 Å². The average molecular weight is 195 g/mol. The normalized spacial score (nSPS) is 12.1. The number of carbonyl (C=O) groups is 1. The minimum Gasteiger partial charge on any atom is -0.397 e. The number of nitrogens with zero attached hydrogens (tertiary/aromatic N) is 1. The Morgan fingerprint density at radius 2 is 2.50 bits per heavy atom. The zero-order valence-electron chi connectivity index (χ0n) is 7.90. The molecular formula is C9H13N3O2. The van der Waals surface area contributed by atoms with E-state index in [4.69, 9.17) is 10.8 Å². The number of nitrogens with one attached hydrogen (secondary N) is 1. The summed E-state index contributed by atoms with van der Waals surface area (Å²) < 4.78 is 0. The number of nitrogen functional groups attached to an aromatic ring is 1. The molecule has 1 atom stereocenters. The van der Waals surface area contributed by atoms with Gasteiger partial charge in [-0.2, -0.15) is 0 Å². The Kier molecular flexibility index (Phi) is 3.41. The molecule has 1 unspecified atom stereocenters. The highest BCUT2D eigenvalue weighted by molar-refractivity contribution is 5.98. The molecule has 1 rings (SSSR count). The van der Waals surface area contributed by atoms with Gasteiger partial charge in [0.25, 0.3) is 5.91 Å². The van der Waals surface area contributed by atoms with Gasteiger partial charge in [-0.15, -0.1) is 0 Å². The number of rotatable bonds is 3. The van der Waals surface area contributed by atoms with Crippen molar-refractivity contribution in [2.75, 3.05) is 12.3 Å². The first-order chi connectivity index (χ1) is 6.65. The van der Waals surface area contributed by atoms with Gasteiger partial charge in [0.15, 0.2) is 0 Å². The number of carbonyl (C=O) groups excluding carboxylic acids is 1. The first kappa shape index (κ1) is 10.5. The minimum atomic E-state index is -0.300. The second kappa shape index (κ2) is 4.57. The Hall–Kier alpha value is -1.62. The quantitative estimate of drug-likeness (QED) is 0.622. The standard InChI is InChI=1S/C9H13N3O2/c1-6(5-13)12-9(14)7-2-3-11-4-8(7)10/h2-4,6,13H,5,10H2,1H3,(H,12,14). The van der Waals surface area contributed by atoms with Crippen LogP contribution in [0, 0.1) is 0 Å². The molecule has 1 heterocycles. The molecular weight excluding hydrogens is 182 g/mol. The molecule has 0 aromatic carbocycles. The summed E-state index contributed by atoms with van der Waals surface area (Å²) in [5.41, 5.74) is 6.26. The van der Waals surface area contributed by atoms with Crippen molar-refractivity contribution >= 4 is 11.6 Å². The molecule has 4 N–H and O–H groups in total. The molecule has 0 aliphatic rings. The van der Waals surface area contributed by atoms with Crippen LogP contribution in [0.5, 0.6) is 0 Å². The van der Waals surface area contributed by atoms with Gasteiger partial charge >= 0.3 is 0 Å². The fourth-order valence-electron chi connectivity index (χ4n) is 0.961. The van der Waals surface area contributed by atoms with Crippen molar-refractivity contribution in [2.45, 2.75) is 13.0 Å². The van der Waals surface area contributed by atoms with Gasteiger partial charge in [-0.3, -0.25) is 9.78 Å². The van der Waals surface area contributed by atoms with Gasteiger partial charge < -0.3 is 16.2 Å². The highest BCUT2D eigenvalue weighted by atomic mass is 16.3. The molecule has 5 nitrogen and oxygen atoms in total. The van der Waals surface area contributed by atoms with Crippen LogP contribution in [-0.4, -0.2) is 28.6 Å². The maximum absolute atomic E-state index is 11.5. The summed E-state index contributed by atoms with van der Waals surface area (Å²) in [4.78, 5) is 15.3. The van der Waals surface area contributed by atoms with Gasteiger partial charge in [0.1, 0.15) is 0 Å². The Balaban J connectivity index is 2.75. The molecule has 0 saturated heterocycles. The SMILES string of the molecule is CC(CO)NC(=O)c1ccncc1N. The van der Waals surface area contributed by atoms with Crippen molar-refractivity contribution in [3.8, 4) is 0 Å². The average Bonchev–Trinajstić information content (AvgIpc) is 2.18. The first-order valence-electron chi connectivity index (χ1n) is 4.26. The van der Waals surface area contributed by atoms with Crippen molar-refractivity contribution in [2.24, 2.45) is 0 Å². The smallest absolute Gasteiger partial charge is 0.253 e. The number of anilines is 1. The Morgan fingerprint density at radius 3 is 3.07 bits per heavy atom. The number of aliphatic hydroxyl groups excluding tert-OH is 1. The van der Waals surface area contributed by atoms with E-state index < -0.39 is 0 Å². The third-order valence-electron chi connectivity index (χ3n) is 1.75. The van der Waals surface area contributed by atoms with Crippen LogP contribution >= 0.6 is 0 Å². The number of pyridine rings is 1. The fourth-order valence-corrected chi connectivity index (χ4v) is 0.961. The molecule has 1 aromatic rings. The lowest BCUT2D eigenvalue weighted by atomic mass is 10.2. The largest absolute Gasteiger partial charge is 0.397 e. The molecule has 0 bridgehead atoms. The predicted molar refractivity (Wildman–Crippen MR) is 52.7 cm³/mol. The molecule has 14 heavy (non-hydrogen) atoms. The van der Waals surface area contributed by atoms with Gasteiger partial charge in [-0.1, -0.05) is 0 Å². The van der Waals surface area contributed by atoms with Gasteiger partial charge in [-0.05, 0) is 13.0 Å². The van der Waals surface area contributed by atoms with Crippen molar-refractivity contribution in [1.82, 2.24) is 10.3 Å². The molecule has 76 valence electrons. The number of hydrogen-bond acceptors (Lipinski definition) is 4. The Bertz CT molecular complexity index is 328. The molecule has 1 aromatic heterocycles. The van der Waals surface area contributed by atoms with E-state index in [0.717, 1.165) is 0 Å². The zero-order valence-corrected chi connectivity index (χ0v) is 7.90. The van der Waals surface area contributed by atoms with E-state index in [1.54, 1.807) is 6.92 Å². The van der Waals surface area contributed by atoms with Gasteiger partial charge in [0, 0.05) is 12.2 Å². The fraction of sp³-hybridized carbons (Fsp3) is 0.333. The van der Waals surface area contributed by atoms with Crippen LogP contribution in [0.1, 0.15) is 17.3 Å². The molecule has 0 fully saturated rings. The highest BCUT2D eigenvalue weighted by Gasteiger charge is 2.11. The summed E-state index contributed by atoms with van der Waals surface area (Å²) >= 11 is 0. The maximum Gasteiger partial charge on any atom is 0.253 e. The summed E-state index contributed by atoms with van der Waals surface area (Å²) in [5.74, 6) is -0.300. The summed E-state index contributed by atoms with van der Waals surface area (Å²) in [7, 11) is 0. The third kappa shape index (κ3) is 2.43. The van der Waals surface area contributed by atoms with Gasteiger partial charge in [0.2, 0.25) is 0 Å². The number of aliphatic hydroxyl groups is 1. The van der Waals surface area contributed by atoms with Crippen molar-refractivity contribution in [3.05, 3.63) is 24.0 Å². The molecule has 0 spiro atoms.